The molecule has 4 rings (SSSR count). The van der Waals surface area contributed by atoms with Crippen LogP contribution < -0.4 is 0 Å². The van der Waals surface area contributed by atoms with Crippen LogP contribution in [0.4, 0.5) is 0 Å². The quantitative estimate of drug-likeness (QED) is 0.359. The molecule has 0 aromatic carbocycles. The van der Waals surface area contributed by atoms with Gasteiger partial charge in [0.15, 0.2) is 0 Å². The van der Waals surface area contributed by atoms with Gasteiger partial charge in [-0.2, -0.15) is 0 Å². The van der Waals surface area contributed by atoms with Gasteiger partial charge in [-0.05, 0) is 50.9 Å². The van der Waals surface area contributed by atoms with Crippen LogP contribution in [0, 0.1) is 16.7 Å². The number of aliphatic hydroxyl groups is 6. The largest absolute Gasteiger partial charge is 0.393 e. The molecule has 0 saturated heterocycles. The zero-order chi connectivity index (χ0) is 21.6. The van der Waals surface area contributed by atoms with Crippen molar-refractivity contribution >= 4 is 0 Å². The number of ether oxygens (including phenoxy) is 1. The van der Waals surface area contributed by atoms with Gasteiger partial charge in [-0.1, -0.05) is 25.5 Å². The normalized spacial score (nSPS) is 58.1. The smallest absolute Gasteiger partial charge is 0.127 e. The number of hydrogen-bond donors (Lipinski definition) is 6. The molecule has 3 fully saturated rings. The fraction of sp³-hybridized carbons (Fsp3) is 0.909. The second kappa shape index (κ2) is 6.25. The molecule has 29 heavy (non-hydrogen) atoms. The molecule has 3 saturated carbocycles. The Bertz CT molecular complexity index is 724. The van der Waals surface area contributed by atoms with E-state index in [9.17, 15) is 30.6 Å². The Balaban J connectivity index is 1.93. The predicted molar refractivity (Wildman–Crippen MR) is 105 cm³/mol. The van der Waals surface area contributed by atoms with Gasteiger partial charge in [0, 0.05) is 13.0 Å². The number of aliphatic hydroxyl groups excluding tert-OH is 3. The molecule has 7 heteroatoms. The third kappa shape index (κ3) is 2.22. The summed E-state index contributed by atoms with van der Waals surface area (Å²) in [5.41, 5.74) is -6.42. The molecule has 10 atom stereocenters. The molecule has 166 valence electrons. The highest BCUT2D eigenvalue weighted by Crippen LogP contribution is 2.70. The van der Waals surface area contributed by atoms with Crippen LogP contribution >= 0.6 is 0 Å². The Morgan fingerprint density at radius 2 is 1.76 bits per heavy atom. The molecule has 10 unspecified atom stereocenters. The maximum Gasteiger partial charge on any atom is 0.127 e. The van der Waals surface area contributed by atoms with E-state index >= 15 is 0 Å². The van der Waals surface area contributed by atoms with Crippen LogP contribution in [-0.2, 0) is 4.74 Å². The summed E-state index contributed by atoms with van der Waals surface area (Å²) >= 11 is 0. The first-order valence-electron chi connectivity index (χ1n) is 10.8. The van der Waals surface area contributed by atoms with Crippen molar-refractivity contribution in [3.63, 3.8) is 0 Å². The Labute approximate surface area is 172 Å². The number of fused-ring (bicyclic) bond motifs is 5. The lowest BCUT2D eigenvalue weighted by Crippen LogP contribution is -2.81. The van der Waals surface area contributed by atoms with Crippen molar-refractivity contribution in [2.45, 2.75) is 101 Å². The van der Waals surface area contributed by atoms with E-state index in [1.807, 2.05) is 13.0 Å². The molecule has 0 bridgehead atoms. The first kappa shape index (κ1) is 21.7. The van der Waals surface area contributed by atoms with E-state index in [2.05, 4.69) is 0 Å². The van der Waals surface area contributed by atoms with Gasteiger partial charge in [0.2, 0.25) is 0 Å². The first-order chi connectivity index (χ1) is 13.3. The monoisotopic (exact) mass is 412 g/mol. The number of rotatable bonds is 2. The average Bonchev–Trinajstić information content (AvgIpc) is 2.89. The molecular formula is C22H36O7. The summed E-state index contributed by atoms with van der Waals surface area (Å²) in [5, 5.41) is 67.6. The minimum absolute atomic E-state index is 0.0384. The van der Waals surface area contributed by atoms with Crippen molar-refractivity contribution in [2.75, 3.05) is 7.11 Å². The summed E-state index contributed by atoms with van der Waals surface area (Å²) in [6.07, 6.45) is 0.164. The first-order valence-corrected chi connectivity index (χ1v) is 10.8. The lowest BCUT2D eigenvalue weighted by Gasteiger charge is -2.68. The van der Waals surface area contributed by atoms with Gasteiger partial charge in [-0.25, -0.2) is 0 Å². The van der Waals surface area contributed by atoms with Crippen LogP contribution in [0.1, 0.15) is 59.3 Å². The zero-order valence-electron chi connectivity index (χ0n) is 17.8. The van der Waals surface area contributed by atoms with Crippen LogP contribution in [0.3, 0.4) is 0 Å². The average molecular weight is 413 g/mol. The van der Waals surface area contributed by atoms with E-state index in [4.69, 9.17) is 4.74 Å². The second-order valence-electron chi connectivity index (χ2n) is 10.5. The highest BCUT2D eigenvalue weighted by molar-refractivity contribution is 5.39. The van der Waals surface area contributed by atoms with Gasteiger partial charge in [0.05, 0.1) is 23.7 Å². The molecule has 0 aromatic heterocycles. The molecule has 0 aliphatic heterocycles. The van der Waals surface area contributed by atoms with E-state index < -0.39 is 58.0 Å². The Morgan fingerprint density at radius 3 is 2.34 bits per heavy atom. The molecule has 0 heterocycles. The van der Waals surface area contributed by atoms with Crippen LogP contribution in [0.2, 0.25) is 0 Å². The highest BCUT2D eigenvalue weighted by atomic mass is 16.5. The number of methoxy groups -OCH3 is 1. The standard InChI is InChI=1S/C22H36O7/c1-12(23)20(26)7-8-21(27)19(20,3)16(25)11-15-18(2)6-5-14(24)9-13(18)10-17(29-4)22(15,21)28/h10,12,14-17,23-28H,5-9,11H2,1-4H3. The molecule has 0 amide bonds. The summed E-state index contributed by atoms with van der Waals surface area (Å²) < 4.78 is 5.68. The fourth-order valence-corrected chi connectivity index (χ4v) is 7.61. The topological polar surface area (TPSA) is 131 Å². The Kier molecular flexibility index (Phi) is 4.67. The molecule has 0 spiro atoms. The molecule has 4 aliphatic rings. The fourth-order valence-electron chi connectivity index (χ4n) is 7.61. The minimum Gasteiger partial charge on any atom is -0.393 e. The molecule has 0 radical (unpaired) electrons. The van der Waals surface area contributed by atoms with Gasteiger partial charge in [0.25, 0.3) is 0 Å². The minimum atomic E-state index is -1.87. The Hall–Kier alpha value is -0.540. The summed E-state index contributed by atoms with van der Waals surface area (Å²) in [4.78, 5) is 0. The maximum atomic E-state index is 12.3. The van der Waals surface area contributed by atoms with Crippen molar-refractivity contribution in [2.24, 2.45) is 16.7 Å². The van der Waals surface area contributed by atoms with E-state index in [-0.39, 0.29) is 19.3 Å². The molecular weight excluding hydrogens is 376 g/mol. The predicted octanol–water partition coefficient (Wildman–Crippen LogP) is 0.247. The lowest BCUT2D eigenvalue weighted by atomic mass is 9.41. The Morgan fingerprint density at radius 1 is 1.10 bits per heavy atom. The van der Waals surface area contributed by atoms with Crippen molar-refractivity contribution in [1.29, 1.82) is 0 Å². The summed E-state index contributed by atoms with van der Waals surface area (Å²) in [7, 11) is 1.47. The molecule has 4 aliphatic carbocycles. The molecule has 0 aromatic rings. The van der Waals surface area contributed by atoms with Gasteiger partial charge < -0.3 is 35.4 Å². The second-order valence-corrected chi connectivity index (χ2v) is 10.5. The van der Waals surface area contributed by atoms with Crippen molar-refractivity contribution in [1.82, 2.24) is 0 Å². The van der Waals surface area contributed by atoms with Crippen molar-refractivity contribution in [3.8, 4) is 0 Å². The summed E-state index contributed by atoms with van der Waals surface area (Å²) in [6.45, 7) is 5.06. The number of hydrogen-bond acceptors (Lipinski definition) is 7. The third-order valence-corrected chi connectivity index (χ3v) is 9.63. The van der Waals surface area contributed by atoms with Gasteiger partial charge in [-0.15, -0.1) is 0 Å². The SMILES string of the molecule is COC1C=C2CC(O)CCC2(C)C2CC(O)C3(C)C(O)(C(C)O)CCC3(O)C12O. The van der Waals surface area contributed by atoms with E-state index in [0.29, 0.717) is 19.3 Å². The van der Waals surface area contributed by atoms with Crippen LogP contribution in [-0.4, -0.2) is 79.0 Å². The van der Waals surface area contributed by atoms with Crippen molar-refractivity contribution < 1.29 is 35.4 Å². The van der Waals surface area contributed by atoms with Gasteiger partial charge >= 0.3 is 0 Å². The molecule has 7 nitrogen and oxygen atoms in total. The highest BCUT2D eigenvalue weighted by Gasteiger charge is 2.82. The van der Waals surface area contributed by atoms with Gasteiger partial charge in [0.1, 0.15) is 22.9 Å². The molecule has 6 N–H and O–H groups in total. The van der Waals surface area contributed by atoms with Crippen molar-refractivity contribution in [3.05, 3.63) is 11.6 Å². The summed E-state index contributed by atoms with van der Waals surface area (Å²) in [5.74, 6) is -0.517. The maximum absolute atomic E-state index is 12.3. The van der Waals surface area contributed by atoms with Crippen LogP contribution in [0.15, 0.2) is 11.6 Å². The zero-order valence-corrected chi connectivity index (χ0v) is 17.8. The van der Waals surface area contributed by atoms with Crippen LogP contribution in [0.25, 0.3) is 0 Å². The van der Waals surface area contributed by atoms with E-state index in [1.54, 1.807) is 6.92 Å². The van der Waals surface area contributed by atoms with Crippen LogP contribution in [0.5, 0.6) is 0 Å². The van der Waals surface area contributed by atoms with Gasteiger partial charge in [-0.3, -0.25) is 0 Å². The summed E-state index contributed by atoms with van der Waals surface area (Å²) in [6, 6.07) is 0. The third-order valence-electron chi connectivity index (χ3n) is 9.63. The van der Waals surface area contributed by atoms with E-state index in [1.165, 1.54) is 14.0 Å². The van der Waals surface area contributed by atoms with E-state index in [0.717, 1.165) is 5.57 Å². The lowest BCUT2D eigenvalue weighted by molar-refractivity contribution is -0.343.